The Morgan fingerprint density at radius 1 is 0.691 bits per heavy atom. The number of ether oxygens (including phenoxy) is 10. The van der Waals surface area contributed by atoms with Crippen LogP contribution in [0.4, 0.5) is 21.1 Å². The van der Waals surface area contributed by atoms with Gasteiger partial charge in [0.05, 0.1) is 130 Å². The molecule has 1 aliphatic heterocycles. The van der Waals surface area contributed by atoms with Crippen LogP contribution in [0, 0.1) is 13.8 Å². The van der Waals surface area contributed by atoms with E-state index in [2.05, 4.69) is 20.2 Å². The number of amides is 5. The van der Waals surface area contributed by atoms with Gasteiger partial charge in [-0.15, -0.1) is 0 Å². The number of benzene rings is 1. The van der Waals surface area contributed by atoms with Crippen LogP contribution in [0.2, 0.25) is 0 Å². The van der Waals surface area contributed by atoms with Gasteiger partial charge in [0.25, 0.3) is 5.91 Å². The molecule has 25 heteroatoms. The molecule has 0 aliphatic carbocycles. The molecule has 0 unspecified atom stereocenters. The molecule has 0 spiro atoms. The highest BCUT2D eigenvalue weighted by molar-refractivity contribution is 6.13. The average molecular weight is 1140 g/mol. The Kier molecular flexibility index (Phi) is 29.4. The summed E-state index contributed by atoms with van der Waals surface area (Å²) in [6, 6.07) is 3.39. The first-order valence-electron chi connectivity index (χ1n) is 27.6. The predicted octanol–water partition coefficient (Wildman–Crippen LogP) is 4.86. The molecule has 1 saturated heterocycles. The van der Waals surface area contributed by atoms with Crippen LogP contribution in [0.15, 0.2) is 30.6 Å². The fourth-order valence-corrected chi connectivity index (χ4v) is 7.91. The van der Waals surface area contributed by atoms with Gasteiger partial charge in [-0.05, 0) is 98.0 Å². The summed E-state index contributed by atoms with van der Waals surface area (Å²) in [5.74, 6) is -0.467. The summed E-state index contributed by atoms with van der Waals surface area (Å²) in [7, 11) is 5.40. The van der Waals surface area contributed by atoms with E-state index in [1.807, 2.05) is 33.0 Å². The molecule has 3 heterocycles. The number of carbonyl (C=O) groups is 5. The molecule has 81 heavy (non-hydrogen) atoms. The van der Waals surface area contributed by atoms with E-state index in [1.54, 1.807) is 82.3 Å². The number of carbonyl (C=O) groups excluding carboxylic acids is 5. The van der Waals surface area contributed by atoms with Gasteiger partial charge in [0.1, 0.15) is 23.3 Å². The molecule has 1 fully saturated rings. The molecule has 1 aliphatic rings. The predicted molar refractivity (Wildman–Crippen MR) is 303 cm³/mol. The second-order valence-corrected chi connectivity index (χ2v) is 21.4. The maximum Gasteiger partial charge on any atom is 0.419 e. The highest BCUT2D eigenvalue weighted by Crippen LogP contribution is 2.30. The van der Waals surface area contributed by atoms with Gasteiger partial charge in [-0.2, -0.15) is 5.10 Å². The maximum absolute atomic E-state index is 13.9. The number of anilines is 2. The van der Waals surface area contributed by atoms with E-state index >= 15 is 0 Å². The summed E-state index contributed by atoms with van der Waals surface area (Å²) in [6.45, 7) is 22.6. The SMILES string of the molecule is Cc1c(CC(=O)N(C)C)ccc(NC(=O)c2nn([C@@H]3CCCN(C(=O)/C=C/CN(C)CCOCCOCCOCCOCCOCCOCCOCCOCCN(C(=O)OC(C)(C)C)C(=O)OC(C)(C)C)C3)c3ncnc(N)c23)c1C. The molecule has 0 saturated carbocycles. The Hall–Kier alpha value is -5.90. The highest BCUT2D eigenvalue weighted by atomic mass is 16.6. The summed E-state index contributed by atoms with van der Waals surface area (Å²) >= 11 is 0. The van der Waals surface area contributed by atoms with Crippen molar-refractivity contribution in [3.63, 3.8) is 0 Å². The molecule has 0 bridgehead atoms. The van der Waals surface area contributed by atoms with Crippen molar-refractivity contribution in [2.24, 2.45) is 0 Å². The number of hydrogen-bond acceptors (Lipinski definition) is 20. The number of nitrogens with one attached hydrogen (secondary N) is 1. The zero-order valence-corrected chi connectivity index (χ0v) is 49.7. The standard InChI is InChI=1S/C56H90N10O15/c1-41-42(2)45(17-16-43(41)38-47(68)62(9)10)60-52(69)49-48-50(57)58-40-59-51(48)66(61-49)44-14-12-19-64(39-44)46(67)15-13-18-63(11)20-22-72-24-26-74-28-30-76-32-34-78-36-37-79-35-33-77-31-29-75-27-25-73-23-21-65(53(70)80-55(3,4)5)54(71)81-56(6,7)8/h13,15-17,40,44H,12,14,18-39H2,1-11H3,(H,60,69)(H2,57,58,59)/b15-13+/t44-/m1/s1. The van der Waals surface area contributed by atoms with Crippen molar-refractivity contribution in [2.45, 2.75) is 91.9 Å². The molecule has 5 amide bonds. The van der Waals surface area contributed by atoms with E-state index in [0.29, 0.717) is 135 Å². The number of likely N-dealkylation sites (tertiary alicyclic amines) is 1. The number of nitrogen functional groups attached to an aromatic ring is 1. The largest absolute Gasteiger partial charge is 0.443 e. The number of hydrogen-bond donors (Lipinski definition) is 2. The van der Waals surface area contributed by atoms with Crippen LogP contribution in [0.5, 0.6) is 0 Å². The molecule has 1 atom stereocenters. The van der Waals surface area contributed by atoms with Crippen LogP contribution in [0.1, 0.15) is 87.6 Å². The second kappa shape index (κ2) is 35.2. The topological polar surface area (TPSA) is 272 Å². The second-order valence-electron chi connectivity index (χ2n) is 21.4. The first-order valence-corrected chi connectivity index (χ1v) is 27.6. The van der Waals surface area contributed by atoms with Gasteiger partial charge in [-0.25, -0.2) is 29.1 Å². The summed E-state index contributed by atoms with van der Waals surface area (Å²) in [5.41, 5.74) is 8.51. The van der Waals surface area contributed by atoms with E-state index in [-0.39, 0.29) is 55.5 Å². The normalized spacial score (nSPS) is 14.0. The van der Waals surface area contributed by atoms with E-state index in [1.165, 1.54) is 6.33 Å². The van der Waals surface area contributed by atoms with Crippen LogP contribution >= 0.6 is 0 Å². The third-order valence-electron chi connectivity index (χ3n) is 12.4. The number of nitrogens with two attached hydrogens (primary N) is 1. The van der Waals surface area contributed by atoms with Crippen LogP contribution in [0.25, 0.3) is 11.0 Å². The van der Waals surface area contributed by atoms with Crippen molar-refractivity contribution in [1.82, 2.24) is 39.3 Å². The molecule has 0 radical (unpaired) electrons. The van der Waals surface area contributed by atoms with Gasteiger partial charge in [-0.1, -0.05) is 12.1 Å². The number of nitrogens with zero attached hydrogens (tertiary/aromatic N) is 8. The van der Waals surface area contributed by atoms with Gasteiger partial charge in [0.15, 0.2) is 11.3 Å². The first-order chi connectivity index (χ1) is 38.6. The van der Waals surface area contributed by atoms with Crippen molar-refractivity contribution in [1.29, 1.82) is 0 Å². The number of piperidine rings is 1. The zero-order chi connectivity index (χ0) is 59.4. The van der Waals surface area contributed by atoms with Gasteiger partial charge in [0, 0.05) is 52.0 Å². The lowest BCUT2D eigenvalue weighted by Gasteiger charge is -2.32. The van der Waals surface area contributed by atoms with Gasteiger partial charge in [-0.3, -0.25) is 14.4 Å². The summed E-state index contributed by atoms with van der Waals surface area (Å²) in [4.78, 5) is 79.6. The van der Waals surface area contributed by atoms with Crippen molar-refractivity contribution in [3.8, 4) is 0 Å². The number of aromatic nitrogens is 4. The summed E-state index contributed by atoms with van der Waals surface area (Å²) < 4.78 is 56.9. The highest BCUT2D eigenvalue weighted by Gasteiger charge is 2.32. The van der Waals surface area contributed by atoms with E-state index in [4.69, 9.17) is 58.2 Å². The molecular weight excluding hydrogens is 1050 g/mol. The minimum absolute atomic E-state index is 0.0146. The van der Waals surface area contributed by atoms with E-state index in [0.717, 1.165) is 34.4 Å². The quantitative estimate of drug-likeness (QED) is 0.0587. The molecule has 4 rings (SSSR count). The lowest BCUT2D eigenvalue weighted by Crippen LogP contribution is -2.45. The minimum atomic E-state index is -0.797. The Bertz CT molecular complexity index is 2430. The first kappa shape index (κ1) is 67.6. The van der Waals surface area contributed by atoms with Gasteiger partial charge in [0.2, 0.25) is 11.8 Å². The number of fused-ring (bicyclic) bond motifs is 1. The Morgan fingerprint density at radius 2 is 1.19 bits per heavy atom. The number of imide groups is 1. The van der Waals surface area contributed by atoms with Gasteiger partial charge < -0.3 is 73.1 Å². The third-order valence-corrected chi connectivity index (χ3v) is 12.4. The molecule has 3 N–H and O–H groups in total. The Labute approximate surface area is 477 Å². The van der Waals surface area contributed by atoms with Crippen LogP contribution < -0.4 is 11.1 Å². The average Bonchev–Trinajstić information content (AvgIpc) is 4.09. The molecule has 25 nitrogen and oxygen atoms in total. The zero-order valence-electron chi connectivity index (χ0n) is 49.7. The third kappa shape index (κ3) is 25.0. The number of rotatable bonds is 35. The molecule has 2 aromatic heterocycles. The molecule has 454 valence electrons. The van der Waals surface area contributed by atoms with Crippen molar-refractivity contribution >= 4 is 52.4 Å². The summed E-state index contributed by atoms with van der Waals surface area (Å²) in [6.07, 6.45) is 4.91. The number of likely N-dealkylation sites (N-methyl/N-ethyl adjacent to an activating group) is 2. The fraction of sp³-hybridized carbons (Fsp3) is 0.679. The van der Waals surface area contributed by atoms with Crippen molar-refractivity contribution in [3.05, 3.63) is 53.0 Å². The van der Waals surface area contributed by atoms with Gasteiger partial charge >= 0.3 is 12.2 Å². The minimum Gasteiger partial charge on any atom is -0.443 e. The van der Waals surface area contributed by atoms with E-state index in [9.17, 15) is 24.0 Å². The summed E-state index contributed by atoms with van der Waals surface area (Å²) in [5, 5.41) is 8.07. The van der Waals surface area contributed by atoms with Crippen LogP contribution in [0.3, 0.4) is 0 Å². The smallest absolute Gasteiger partial charge is 0.419 e. The monoisotopic (exact) mass is 1140 g/mol. The van der Waals surface area contributed by atoms with Crippen molar-refractivity contribution < 1.29 is 71.3 Å². The van der Waals surface area contributed by atoms with E-state index < -0.39 is 29.3 Å². The maximum atomic E-state index is 13.9. The Morgan fingerprint density at radius 3 is 1.68 bits per heavy atom. The molecule has 3 aromatic rings. The molecule has 1 aromatic carbocycles. The lowest BCUT2D eigenvalue weighted by molar-refractivity contribution is -0.128. The Balaban J connectivity index is 0.970. The van der Waals surface area contributed by atoms with Crippen molar-refractivity contribution in [2.75, 3.05) is 171 Å². The molecular formula is C56H90N10O15. The van der Waals surface area contributed by atoms with Crippen LogP contribution in [-0.4, -0.2) is 240 Å². The fourth-order valence-electron chi connectivity index (χ4n) is 7.91. The van der Waals surface area contributed by atoms with Crippen LogP contribution in [-0.2, 0) is 63.4 Å². The lowest BCUT2D eigenvalue weighted by atomic mass is 9.98.